The minimum absolute atomic E-state index is 0.645. The zero-order valence-electron chi connectivity index (χ0n) is 8.66. The number of hydrogen-bond donors (Lipinski definition) is 2. The van der Waals surface area contributed by atoms with E-state index in [0.717, 1.165) is 30.7 Å². The van der Waals surface area contributed by atoms with Crippen molar-refractivity contribution in [3.63, 3.8) is 0 Å². The SMILES string of the molecule is COCCNCCNc1ncc(Br)cn1. The van der Waals surface area contributed by atoms with Crippen LogP contribution in [0.2, 0.25) is 0 Å². The standard InChI is InChI=1S/C9H15BrN4O/c1-15-5-4-11-2-3-12-9-13-6-8(10)7-14-9/h6-7,11H,2-5H2,1H3,(H,12,13,14). The molecule has 1 heterocycles. The molecular weight excluding hydrogens is 260 g/mol. The third-order valence-electron chi connectivity index (χ3n) is 1.69. The van der Waals surface area contributed by atoms with Crippen molar-refractivity contribution in [1.29, 1.82) is 0 Å². The van der Waals surface area contributed by atoms with E-state index in [-0.39, 0.29) is 0 Å². The Labute approximate surface area is 97.8 Å². The average molecular weight is 275 g/mol. The molecule has 1 aromatic heterocycles. The lowest BCUT2D eigenvalue weighted by Crippen LogP contribution is -2.25. The number of methoxy groups -OCH3 is 1. The molecule has 0 radical (unpaired) electrons. The van der Waals surface area contributed by atoms with Gasteiger partial charge in [-0.25, -0.2) is 9.97 Å². The molecule has 0 fully saturated rings. The molecule has 15 heavy (non-hydrogen) atoms. The summed E-state index contributed by atoms with van der Waals surface area (Å²) in [4.78, 5) is 8.18. The summed E-state index contributed by atoms with van der Waals surface area (Å²) >= 11 is 3.28. The van der Waals surface area contributed by atoms with Crippen molar-refractivity contribution in [2.75, 3.05) is 38.7 Å². The van der Waals surface area contributed by atoms with Gasteiger partial charge in [0.15, 0.2) is 0 Å². The van der Waals surface area contributed by atoms with Crippen LogP contribution in [0.15, 0.2) is 16.9 Å². The molecule has 0 aromatic carbocycles. The normalized spacial score (nSPS) is 10.3. The van der Waals surface area contributed by atoms with Crippen LogP contribution in [0.25, 0.3) is 0 Å². The number of rotatable bonds is 7. The highest BCUT2D eigenvalue weighted by Crippen LogP contribution is 2.05. The van der Waals surface area contributed by atoms with Gasteiger partial charge < -0.3 is 15.4 Å². The van der Waals surface area contributed by atoms with E-state index in [4.69, 9.17) is 4.74 Å². The van der Waals surface area contributed by atoms with Crippen molar-refractivity contribution < 1.29 is 4.74 Å². The summed E-state index contributed by atoms with van der Waals surface area (Å²) in [6.45, 7) is 3.25. The number of nitrogens with one attached hydrogen (secondary N) is 2. The Balaban J connectivity index is 2.07. The molecule has 84 valence electrons. The van der Waals surface area contributed by atoms with Crippen molar-refractivity contribution in [1.82, 2.24) is 15.3 Å². The highest BCUT2D eigenvalue weighted by Gasteiger charge is 1.94. The molecule has 6 heteroatoms. The highest BCUT2D eigenvalue weighted by molar-refractivity contribution is 9.10. The third kappa shape index (κ3) is 5.66. The average Bonchev–Trinajstić information content (AvgIpc) is 2.26. The lowest BCUT2D eigenvalue weighted by molar-refractivity contribution is 0.200. The van der Waals surface area contributed by atoms with Crippen molar-refractivity contribution >= 4 is 21.9 Å². The first-order chi connectivity index (χ1) is 7.33. The predicted octanol–water partition coefficient (Wildman–Crippen LogP) is 0.887. The van der Waals surface area contributed by atoms with Crippen molar-refractivity contribution in [2.24, 2.45) is 0 Å². The third-order valence-corrected chi connectivity index (χ3v) is 2.10. The summed E-state index contributed by atoms with van der Waals surface area (Å²) < 4.78 is 5.79. The van der Waals surface area contributed by atoms with E-state index < -0.39 is 0 Å². The zero-order chi connectivity index (χ0) is 10.9. The summed E-state index contributed by atoms with van der Waals surface area (Å²) in [5, 5.41) is 6.32. The molecule has 1 aromatic rings. The van der Waals surface area contributed by atoms with E-state index in [9.17, 15) is 0 Å². The van der Waals surface area contributed by atoms with E-state index in [1.807, 2.05) is 0 Å². The molecular formula is C9H15BrN4O. The van der Waals surface area contributed by atoms with Gasteiger partial charge in [-0.15, -0.1) is 0 Å². The molecule has 0 aliphatic carbocycles. The molecule has 1 rings (SSSR count). The largest absolute Gasteiger partial charge is 0.383 e. The van der Waals surface area contributed by atoms with Gasteiger partial charge in [0.25, 0.3) is 0 Å². The molecule has 0 unspecified atom stereocenters. The van der Waals surface area contributed by atoms with E-state index in [1.165, 1.54) is 0 Å². The fraction of sp³-hybridized carbons (Fsp3) is 0.556. The predicted molar refractivity (Wildman–Crippen MR) is 63.0 cm³/mol. The number of aromatic nitrogens is 2. The van der Waals surface area contributed by atoms with Crippen molar-refractivity contribution in [3.05, 3.63) is 16.9 Å². The van der Waals surface area contributed by atoms with Gasteiger partial charge in [-0.1, -0.05) is 0 Å². The second kappa shape index (κ2) is 7.56. The van der Waals surface area contributed by atoms with Gasteiger partial charge in [0.05, 0.1) is 11.1 Å². The van der Waals surface area contributed by atoms with Crippen LogP contribution in [0.3, 0.4) is 0 Å². The van der Waals surface area contributed by atoms with Gasteiger partial charge >= 0.3 is 0 Å². The van der Waals surface area contributed by atoms with Gasteiger partial charge in [-0.05, 0) is 15.9 Å². The fourth-order valence-electron chi connectivity index (χ4n) is 0.965. The Bertz CT molecular complexity index is 267. The summed E-state index contributed by atoms with van der Waals surface area (Å²) in [5.74, 6) is 0.645. The zero-order valence-corrected chi connectivity index (χ0v) is 10.2. The molecule has 0 aliphatic rings. The topological polar surface area (TPSA) is 59.1 Å². The molecule has 5 nitrogen and oxygen atoms in total. The number of ether oxygens (including phenoxy) is 1. The molecule has 0 saturated heterocycles. The number of hydrogen-bond acceptors (Lipinski definition) is 5. The first-order valence-corrected chi connectivity index (χ1v) is 5.53. The summed E-state index contributed by atoms with van der Waals surface area (Å²) in [6.07, 6.45) is 3.43. The van der Waals surface area contributed by atoms with Crippen LogP contribution in [0.4, 0.5) is 5.95 Å². The Morgan fingerprint density at radius 3 is 2.67 bits per heavy atom. The number of halogens is 1. The lowest BCUT2D eigenvalue weighted by Gasteiger charge is -2.05. The Morgan fingerprint density at radius 1 is 1.27 bits per heavy atom. The molecule has 0 amide bonds. The minimum Gasteiger partial charge on any atom is -0.383 e. The number of anilines is 1. The van der Waals surface area contributed by atoms with Crippen LogP contribution in [0.1, 0.15) is 0 Å². The van der Waals surface area contributed by atoms with Crippen LogP contribution in [-0.2, 0) is 4.74 Å². The van der Waals surface area contributed by atoms with Gasteiger partial charge in [-0.2, -0.15) is 0 Å². The van der Waals surface area contributed by atoms with Gasteiger partial charge in [0.2, 0.25) is 5.95 Å². The lowest BCUT2D eigenvalue weighted by atomic mass is 10.5. The van der Waals surface area contributed by atoms with Gasteiger partial charge in [-0.3, -0.25) is 0 Å². The second-order valence-corrected chi connectivity index (χ2v) is 3.81. The Kier molecular flexibility index (Phi) is 6.22. The molecule has 0 spiro atoms. The van der Waals surface area contributed by atoms with Crippen LogP contribution in [-0.4, -0.2) is 43.3 Å². The molecule has 0 bridgehead atoms. The first-order valence-electron chi connectivity index (χ1n) is 4.74. The Hall–Kier alpha value is -0.720. The maximum atomic E-state index is 4.91. The monoisotopic (exact) mass is 274 g/mol. The van der Waals surface area contributed by atoms with Crippen molar-refractivity contribution in [2.45, 2.75) is 0 Å². The first kappa shape index (κ1) is 12.4. The van der Waals surface area contributed by atoms with Crippen LogP contribution >= 0.6 is 15.9 Å². The highest BCUT2D eigenvalue weighted by atomic mass is 79.9. The van der Waals surface area contributed by atoms with E-state index >= 15 is 0 Å². The van der Waals surface area contributed by atoms with E-state index in [2.05, 4.69) is 36.5 Å². The quantitative estimate of drug-likeness (QED) is 0.724. The van der Waals surface area contributed by atoms with Crippen LogP contribution in [0, 0.1) is 0 Å². The molecule has 0 saturated carbocycles. The van der Waals surface area contributed by atoms with Crippen molar-refractivity contribution in [3.8, 4) is 0 Å². The maximum absolute atomic E-state index is 4.91. The summed E-state index contributed by atoms with van der Waals surface area (Å²) in [6, 6.07) is 0. The summed E-state index contributed by atoms with van der Waals surface area (Å²) in [7, 11) is 1.69. The fourth-order valence-corrected chi connectivity index (χ4v) is 1.17. The van der Waals surface area contributed by atoms with Gasteiger partial charge in [0, 0.05) is 39.1 Å². The van der Waals surface area contributed by atoms with E-state index in [0.29, 0.717) is 5.95 Å². The molecule has 0 atom stereocenters. The van der Waals surface area contributed by atoms with Crippen LogP contribution < -0.4 is 10.6 Å². The van der Waals surface area contributed by atoms with Gasteiger partial charge in [0.1, 0.15) is 0 Å². The number of nitrogens with zero attached hydrogens (tertiary/aromatic N) is 2. The summed E-state index contributed by atoms with van der Waals surface area (Å²) in [5.41, 5.74) is 0. The second-order valence-electron chi connectivity index (χ2n) is 2.89. The smallest absolute Gasteiger partial charge is 0.222 e. The van der Waals surface area contributed by atoms with Crippen LogP contribution in [0.5, 0.6) is 0 Å². The Morgan fingerprint density at radius 2 is 2.00 bits per heavy atom. The maximum Gasteiger partial charge on any atom is 0.222 e. The van der Waals surface area contributed by atoms with E-state index in [1.54, 1.807) is 19.5 Å². The molecule has 2 N–H and O–H groups in total. The molecule has 0 aliphatic heterocycles. The minimum atomic E-state index is 0.645.